The second-order valence-electron chi connectivity index (χ2n) is 15.9. The number of aromatic nitrogens is 2. The number of nitrogens with one attached hydrogen (secondary N) is 1. The fourth-order valence-corrected chi connectivity index (χ4v) is 6.93. The number of amides is 2. The molecule has 2 amide bonds. The van der Waals surface area contributed by atoms with Crippen molar-refractivity contribution >= 4 is 18.3 Å². The maximum Gasteiger partial charge on any atom is 0.508 e. The number of piperidine rings is 2. The Hall–Kier alpha value is -3.59. The Morgan fingerprint density at radius 1 is 0.902 bits per heavy atom. The third-order valence-corrected chi connectivity index (χ3v) is 9.36. The van der Waals surface area contributed by atoms with Crippen LogP contribution in [0.3, 0.4) is 0 Å². The third-order valence-electron chi connectivity index (χ3n) is 9.36. The van der Waals surface area contributed by atoms with Gasteiger partial charge in [0.25, 0.3) is 5.56 Å². The van der Waals surface area contributed by atoms with Crippen molar-refractivity contribution in [3.8, 4) is 0 Å². The van der Waals surface area contributed by atoms with Crippen molar-refractivity contribution in [3.05, 3.63) is 32.6 Å². The molecule has 15 nitrogen and oxygen atoms in total. The molecule has 3 saturated heterocycles. The molecule has 0 aromatic carbocycles. The van der Waals surface area contributed by atoms with E-state index in [2.05, 4.69) is 9.88 Å². The van der Waals surface area contributed by atoms with Crippen LogP contribution in [0.4, 0.5) is 14.4 Å². The van der Waals surface area contributed by atoms with Crippen LogP contribution < -0.4 is 11.2 Å². The summed E-state index contributed by atoms with van der Waals surface area (Å²) in [6.45, 7) is 17.2. The molecule has 0 spiro atoms. The molecule has 3 aliphatic rings. The zero-order valence-electron chi connectivity index (χ0n) is 31.7. The highest BCUT2D eigenvalue weighted by Crippen LogP contribution is 2.32. The lowest BCUT2D eigenvalue weighted by Gasteiger charge is -2.42. The number of H-pyrrole nitrogens is 1. The summed E-state index contributed by atoms with van der Waals surface area (Å²) in [5.74, 6) is 0. The first-order valence-corrected chi connectivity index (χ1v) is 18.5. The van der Waals surface area contributed by atoms with Gasteiger partial charge in [0.05, 0.1) is 6.10 Å². The summed E-state index contributed by atoms with van der Waals surface area (Å²) in [6.07, 6.45) is 4.16. The minimum absolute atomic E-state index is 0.0174. The molecule has 4 heterocycles. The summed E-state index contributed by atoms with van der Waals surface area (Å²) in [4.78, 5) is 71.9. The Kier molecular flexibility index (Phi) is 13.6. The predicted molar refractivity (Wildman–Crippen MR) is 189 cm³/mol. The molecule has 3 aliphatic heterocycles. The van der Waals surface area contributed by atoms with E-state index in [4.69, 9.17) is 23.7 Å². The van der Waals surface area contributed by atoms with Gasteiger partial charge in [0.1, 0.15) is 30.1 Å². The monoisotopic (exact) mass is 721 g/mol. The topological polar surface area (TPSA) is 162 Å². The number of nitrogens with zero attached hydrogens (tertiary/aromatic N) is 4. The van der Waals surface area contributed by atoms with Gasteiger partial charge in [0.15, 0.2) is 0 Å². The van der Waals surface area contributed by atoms with Crippen LogP contribution in [-0.4, -0.2) is 117 Å². The minimum atomic E-state index is -0.853. The van der Waals surface area contributed by atoms with Crippen molar-refractivity contribution in [2.24, 2.45) is 0 Å². The summed E-state index contributed by atoms with van der Waals surface area (Å²) in [5.41, 5.74) is -1.95. The third kappa shape index (κ3) is 11.7. The summed E-state index contributed by atoms with van der Waals surface area (Å²) < 4.78 is 30.1. The lowest BCUT2D eigenvalue weighted by molar-refractivity contribution is -0.0390. The van der Waals surface area contributed by atoms with Crippen LogP contribution in [0.15, 0.2) is 15.8 Å². The summed E-state index contributed by atoms with van der Waals surface area (Å²) >= 11 is 0. The number of aryl methyl sites for hydroxylation is 1. The van der Waals surface area contributed by atoms with Gasteiger partial charge in [-0.15, -0.1) is 0 Å². The second kappa shape index (κ2) is 17.3. The lowest BCUT2D eigenvalue weighted by atomic mass is 9.99. The fourth-order valence-electron chi connectivity index (χ4n) is 6.93. The molecule has 0 radical (unpaired) electrons. The van der Waals surface area contributed by atoms with E-state index in [1.807, 2.05) is 48.5 Å². The fraction of sp³-hybridized carbons (Fsp3) is 0.806. The van der Waals surface area contributed by atoms with E-state index in [-0.39, 0.29) is 37.3 Å². The molecular weight excluding hydrogens is 662 g/mol. The van der Waals surface area contributed by atoms with Crippen LogP contribution in [-0.2, 0) is 23.7 Å². The van der Waals surface area contributed by atoms with Crippen molar-refractivity contribution in [1.82, 2.24) is 24.3 Å². The molecule has 0 bridgehead atoms. The SMILES string of the molecule is CC[C@H]1O[C@@H](n2cc(C)c(=O)[nH]c2=O)C[C@H]1OC(=O)OCCN(CC1CCCCN1C(=O)OC(C)(C)C)CC1CCCCN1C(=O)OC(C)(C)C. The minimum Gasteiger partial charge on any atom is -0.444 e. The zero-order chi connectivity index (χ0) is 37.5. The number of carbonyl (C=O) groups excluding carboxylic acids is 3. The maximum absolute atomic E-state index is 13.2. The van der Waals surface area contributed by atoms with E-state index >= 15 is 0 Å². The molecule has 5 atom stereocenters. The summed E-state index contributed by atoms with van der Waals surface area (Å²) in [5, 5.41) is 0. The van der Waals surface area contributed by atoms with E-state index in [0.717, 1.165) is 38.5 Å². The summed E-state index contributed by atoms with van der Waals surface area (Å²) in [7, 11) is 0. The van der Waals surface area contributed by atoms with Crippen LogP contribution in [0.2, 0.25) is 0 Å². The van der Waals surface area contributed by atoms with Crippen LogP contribution in [0.25, 0.3) is 0 Å². The number of likely N-dealkylation sites (tertiary alicyclic amines) is 2. The van der Waals surface area contributed by atoms with Gasteiger partial charge >= 0.3 is 24.0 Å². The van der Waals surface area contributed by atoms with Crippen molar-refractivity contribution < 1.29 is 38.1 Å². The predicted octanol–water partition coefficient (Wildman–Crippen LogP) is 4.95. The number of rotatable bonds is 10. The van der Waals surface area contributed by atoms with E-state index in [9.17, 15) is 24.0 Å². The Labute approximate surface area is 300 Å². The van der Waals surface area contributed by atoms with E-state index < -0.39 is 47.0 Å². The molecule has 2 unspecified atom stereocenters. The summed E-state index contributed by atoms with van der Waals surface area (Å²) in [6, 6.07) is -0.228. The highest BCUT2D eigenvalue weighted by molar-refractivity contribution is 5.69. The van der Waals surface area contributed by atoms with Gasteiger partial charge in [0, 0.05) is 63.0 Å². The average molecular weight is 722 g/mol. The van der Waals surface area contributed by atoms with Crippen LogP contribution in [0.1, 0.15) is 112 Å². The number of aromatic amines is 1. The van der Waals surface area contributed by atoms with Gasteiger partial charge < -0.3 is 33.5 Å². The molecule has 1 aromatic rings. The molecule has 1 N–H and O–H groups in total. The molecule has 1 aromatic heterocycles. The lowest BCUT2D eigenvalue weighted by Crippen LogP contribution is -2.55. The Morgan fingerprint density at radius 2 is 1.45 bits per heavy atom. The van der Waals surface area contributed by atoms with Crippen molar-refractivity contribution in [1.29, 1.82) is 0 Å². The van der Waals surface area contributed by atoms with Gasteiger partial charge in [-0.25, -0.2) is 19.2 Å². The molecule has 3 fully saturated rings. The second-order valence-corrected chi connectivity index (χ2v) is 15.9. The normalized spacial score (nSPS) is 24.4. The molecular formula is C36H59N5O10. The van der Waals surface area contributed by atoms with Gasteiger partial charge in [-0.1, -0.05) is 6.92 Å². The van der Waals surface area contributed by atoms with E-state index in [1.165, 1.54) is 10.8 Å². The van der Waals surface area contributed by atoms with Gasteiger partial charge in [-0.05, 0) is 93.4 Å². The standard InChI is InChI=1S/C36H59N5O10/c1-9-27-28(20-29(48-27)41-21-24(2)30(42)37-31(41)43)49-34(46)47-19-18-38(22-25-14-10-12-16-39(25)32(44)50-35(3,4)5)23-26-15-11-13-17-40(26)33(45)51-36(6,7)8/h21,25-29H,9-20,22-23H2,1-8H3,(H,37,42,43)/t25?,26?,27-,28-,29-/m1/s1. The number of ether oxygens (including phenoxy) is 5. The molecule has 51 heavy (non-hydrogen) atoms. The number of hydrogen-bond donors (Lipinski definition) is 1. The highest BCUT2D eigenvalue weighted by atomic mass is 16.7. The van der Waals surface area contributed by atoms with Crippen LogP contribution >= 0.6 is 0 Å². The first-order valence-electron chi connectivity index (χ1n) is 18.5. The first kappa shape index (κ1) is 40.2. The average Bonchev–Trinajstić information content (AvgIpc) is 3.43. The Balaban J connectivity index is 1.43. The molecule has 15 heteroatoms. The number of carbonyl (C=O) groups is 3. The smallest absolute Gasteiger partial charge is 0.444 e. The van der Waals surface area contributed by atoms with Crippen LogP contribution in [0.5, 0.6) is 0 Å². The van der Waals surface area contributed by atoms with Gasteiger partial charge in [-0.2, -0.15) is 0 Å². The quantitative estimate of drug-likeness (QED) is 0.257. The van der Waals surface area contributed by atoms with Crippen molar-refractivity contribution in [3.63, 3.8) is 0 Å². The largest absolute Gasteiger partial charge is 0.508 e. The van der Waals surface area contributed by atoms with Crippen molar-refractivity contribution in [2.45, 2.75) is 148 Å². The molecule has 0 saturated carbocycles. The number of hydrogen-bond acceptors (Lipinski definition) is 11. The van der Waals surface area contributed by atoms with E-state index in [0.29, 0.717) is 44.7 Å². The van der Waals surface area contributed by atoms with Crippen molar-refractivity contribution in [2.75, 3.05) is 39.3 Å². The highest BCUT2D eigenvalue weighted by Gasteiger charge is 2.39. The Morgan fingerprint density at radius 3 is 1.96 bits per heavy atom. The molecule has 288 valence electrons. The van der Waals surface area contributed by atoms with Crippen LogP contribution in [0, 0.1) is 6.92 Å². The van der Waals surface area contributed by atoms with Gasteiger partial charge in [-0.3, -0.25) is 19.2 Å². The first-order chi connectivity index (χ1) is 23.9. The molecule has 0 aliphatic carbocycles. The Bertz CT molecular complexity index is 1410. The van der Waals surface area contributed by atoms with E-state index in [1.54, 1.807) is 16.7 Å². The molecule has 4 rings (SSSR count). The van der Waals surface area contributed by atoms with Gasteiger partial charge in [0.2, 0.25) is 0 Å². The maximum atomic E-state index is 13.2. The zero-order valence-corrected chi connectivity index (χ0v) is 31.7.